The molecule has 2 aromatic carbocycles. The lowest BCUT2D eigenvalue weighted by Gasteiger charge is -2.05. The Balaban J connectivity index is 2.16. The Hall–Kier alpha value is -0.840. The summed E-state index contributed by atoms with van der Waals surface area (Å²) in [5.41, 5.74) is 7.14. The molecular weight excluding hydrogens is 334 g/mol. The molecule has 0 bridgehead atoms. The van der Waals surface area contributed by atoms with E-state index in [9.17, 15) is 4.21 Å². The minimum atomic E-state index is -1.11. The van der Waals surface area contributed by atoms with Gasteiger partial charge in [-0.3, -0.25) is 4.21 Å². The average Bonchev–Trinajstić information content (AvgIpc) is 2.35. The van der Waals surface area contributed by atoms with Gasteiger partial charge < -0.3 is 5.73 Å². The van der Waals surface area contributed by atoms with Gasteiger partial charge in [-0.25, -0.2) is 0 Å². The largest absolute Gasteiger partial charge is 0.398 e. The van der Waals surface area contributed by atoms with Crippen LogP contribution in [0.15, 0.2) is 51.8 Å². The Morgan fingerprint density at radius 1 is 1.17 bits per heavy atom. The van der Waals surface area contributed by atoms with Gasteiger partial charge in [0.05, 0.1) is 27.3 Å². The normalized spacial score (nSPS) is 12.3. The van der Waals surface area contributed by atoms with Gasteiger partial charge in [-0.15, -0.1) is 0 Å². The number of hydrogen-bond donors (Lipinski definition) is 1. The first-order valence-electron chi connectivity index (χ1n) is 5.24. The van der Waals surface area contributed by atoms with Gasteiger partial charge in [-0.2, -0.15) is 0 Å². The second kappa shape index (κ2) is 5.87. The van der Waals surface area contributed by atoms with Gasteiger partial charge in [0.15, 0.2) is 0 Å². The van der Waals surface area contributed by atoms with Crippen molar-refractivity contribution in [1.29, 1.82) is 0 Å². The number of halogens is 2. The monoisotopic (exact) mass is 343 g/mol. The van der Waals surface area contributed by atoms with Crippen molar-refractivity contribution in [3.05, 3.63) is 57.5 Å². The molecule has 5 heteroatoms. The molecule has 2 N–H and O–H groups in total. The summed E-state index contributed by atoms with van der Waals surface area (Å²) < 4.78 is 13.2. The number of rotatable bonds is 3. The lowest BCUT2D eigenvalue weighted by Crippen LogP contribution is -1.97. The van der Waals surface area contributed by atoms with Gasteiger partial charge in [0.25, 0.3) is 0 Å². The highest BCUT2D eigenvalue weighted by Gasteiger charge is 2.07. The Labute approximate surface area is 122 Å². The van der Waals surface area contributed by atoms with Crippen molar-refractivity contribution < 1.29 is 4.21 Å². The lowest BCUT2D eigenvalue weighted by atomic mass is 10.2. The highest BCUT2D eigenvalue weighted by molar-refractivity contribution is 9.10. The fraction of sp³-hybridized carbons (Fsp3) is 0.0769. The van der Waals surface area contributed by atoms with Crippen LogP contribution < -0.4 is 5.73 Å². The number of nitrogens with two attached hydrogens (primary N) is 1. The third kappa shape index (κ3) is 3.34. The molecule has 0 heterocycles. The van der Waals surface area contributed by atoms with Crippen LogP contribution in [0.1, 0.15) is 5.56 Å². The van der Waals surface area contributed by atoms with Gasteiger partial charge in [-0.05, 0) is 35.9 Å². The first-order chi connectivity index (χ1) is 8.56. The first kappa shape index (κ1) is 13.6. The minimum Gasteiger partial charge on any atom is -0.398 e. The van der Waals surface area contributed by atoms with Crippen LogP contribution in [0.25, 0.3) is 0 Å². The molecule has 0 aliphatic heterocycles. The summed E-state index contributed by atoms with van der Waals surface area (Å²) in [4.78, 5) is 0.692. The number of nitrogen functional groups attached to an aromatic ring is 1. The van der Waals surface area contributed by atoms with Gasteiger partial charge in [0.2, 0.25) is 0 Å². The van der Waals surface area contributed by atoms with Crippen molar-refractivity contribution >= 4 is 44.0 Å². The zero-order valence-corrected chi connectivity index (χ0v) is 12.6. The highest BCUT2D eigenvalue weighted by atomic mass is 79.9. The molecule has 0 aliphatic rings. The Kier molecular flexibility index (Phi) is 4.43. The van der Waals surface area contributed by atoms with Crippen molar-refractivity contribution in [2.45, 2.75) is 10.6 Å². The lowest BCUT2D eigenvalue weighted by molar-refractivity contribution is 0.682. The van der Waals surface area contributed by atoms with E-state index in [2.05, 4.69) is 15.9 Å². The van der Waals surface area contributed by atoms with Gasteiger partial charge in [-0.1, -0.05) is 39.7 Å². The van der Waals surface area contributed by atoms with Crippen molar-refractivity contribution in [3.8, 4) is 0 Å². The molecule has 0 saturated heterocycles. The smallest absolute Gasteiger partial charge is 0.0647 e. The molecule has 2 rings (SSSR count). The predicted octanol–water partition coefficient (Wildman–Crippen LogP) is 3.99. The molecule has 0 aromatic heterocycles. The fourth-order valence-electron chi connectivity index (χ4n) is 1.46. The summed E-state index contributed by atoms with van der Waals surface area (Å²) in [6.07, 6.45) is 0. The van der Waals surface area contributed by atoms with Crippen LogP contribution >= 0.6 is 27.5 Å². The standard InChI is InChI=1S/C13H11BrClNOS/c14-10-3-1-9(2-4-10)8-18(17)11-5-6-13(16)12(15)7-11/h1-7H,8,16H2. The predicted molar refractivity (Wildman–Crippen MR) is 80.1 cm³/mol. The van der Waals surface area contributed by atoms with E-state index >= 15 is 0 Å². The van der Waals surface area contributed by atoms with E-state index in [-0.39, 0.29) is 0 Å². The second-order valence-electron chi connectivity index (χ2n) is 3.80. The van der Waals surface area contributed by atoms with Crippen LogP contribution in [0.2, 0.25) is 5.02 Å². The fourth-order valence-corrected chi connectivity index (χ4v) is 3.11. The Morgan fingerprint density at radius 2 is 1.83 bits per heavy atom. The zero-order chi connectivity index (χ0) is 13.1. The maximum atomic E-state index is 12.2. The molecule has 0 radical (unpaired) electrons. The van der Waals surface area contributed by atoms with E-state index < -0.39 is 10.8 Å². The summed E-state index contributed by atoms with van der Waals surface area (Å²) in [7, 11) is -1.11. The van der Waals surface area contributed by atoms with Crippen LogP contribution in [0, 0.1) is 0 Å². The molecule has 94 valence electrons. The van der Waals surface area contributed by atoms with E-state index in [1.54, 1.807) is 18.2 Å². The first-order valence-corrected chi connectivity index (χ1v) is 7.73. The van der Waals surface area contributed by atoms with Crippen molar-refractivity contribution in [1.82, 2.24) is 0 Å². The van der Waals surface area contributed by atoms with E-state index in [4.69, 9.17) is 17.3 Å². The topological polar surface area (TPSA) is 43.1 Å². The van der Waals surface area contributed by atoms with E-state index in [1.165, 1.54) is 0 Å². The van der Waals surface area contributed by atoms with Gasteiger partial charge >= 0.3 is 0 Å². The van der Waals surface area contributed by atoms with Crippen LogP contribution in [-0.2, 0) is 16.6 Å². The van der Waals surface area contributed by atoms with Crippen molar-refractivity contribution in [3.63, 3.8) is 0 Å². The van der Waals surface area contributed by atoms with E-state index in [0.29, 0.717) is 21.4 Å². The summed E-state index contributed by atoms with van der Waals surface area (Å²) in [5.74, 6) is 0.466. The molecular formula is C13H11BrClNOS. The maximum Gasteiger partial charge on any atom is 0.0647 e. The Morgan fingerprint density at radius 3 is 2.44 bits per heavy atom. The van der Waals surface area contributed by atoms with Gasteiger partial charge in [0, 0.05) is 9.37 Å². The zero-order valence-electron chi connectivity index (χ0n) is 9.40. The molecule has 18 heavy (non-hydrogen) atoms. The summed E-state index contributed by atoms with van der Waals surface area (Å²) in [6, 6.07) is 12.8. The minimum absolute atomic E-state index is 0.441. The van der Waals surface area contributed by atoms with Crippen molar-refractivity contribution in [2.24, 2.45) is 0 Å². The quantitative estimate of drug-likeness (QED) is 0.855. The van der Waals surface area contributed by atoms with Crippen molar-refractivity contribution in [2.75, 3.05) is 5.73 Å². The van der Waals surface area contributed by atoms with Crippen LogP contribution in [0.3, 0.4) is 0 Å². The summed E-state index contributed by atoms with van der Waals surface area (Å²) in [5, 5.41) is 0.441. The molecule has 0 fully saturated rings. The molecule has 1 atom stereocenters. The SMILES string of the molecule is Nc1ccc(S(=O)Cc2ccc(Br)cc2)cc1Cl. The molecule has 0 spiro atoms. The van der Waals surface area contributed by atoms with Crippen LogP contribution in [0.5, 0.6) is 0 Å². The number of anilines is 1. The van der Waals surface area contributed by atoms with E-state index in [0.717, 1.165) is 10.0 Å². The maximum absolute atomic E-state index is 12.2. The molecule has 2 aromatic rings. The average molecular weight is 345 g/mol. The third-order valence-corrected chi connectivity index (χ3v) is 4.68. The molecule has 0 aliphatic carbocycles. The molecule has 1 unspecified atom stereocenters. The van der Waals surface area contributed by atoms with Gasteiger partial charge in [0.1, 0.15) is 0 Å². The summed E-state index contributed by atoms with van der Waals surface area (Å²) in [6.45, 7) is 0. The summed E-state index contributed by atoms with van der Waals surface area (Å²) >= 11 is 9.28. The molecule has 0 saturated carbocycles. The molecule has 2 nitrogen and oxygen atoms in total. The Bertz CT molecular complexity index is 586. The van der Waals surface area contributed by atoms with Crippen LogP contribution in [0.4, 0.5) is 5.69 Å². The number of benzene rings is 2. The van der Waals surface area contributed by atoms with Crippen LogP contribution in [-0.4, -0.2) is 4.21 Å². The highest BCUT2D eigenvalue weighted by Crippen LogP contribution is 2.23. The number of hydrogen-bond acceptors (Lipinski definition) is 2. The molecule has 0 amide bonds. The second-order valence-corrected chi connectivity index (χ2v) is 6.57. The van der Waals surface area contributed by atoms with E-state index in [1.807, 2.05) is 24.3 Å². The third-order valence-electron chi connectivity index (χ3n) is 2.45.